The standard InChI is InChI=1S/C25H28N2O5S/c1-4-32-23-14-10-20(11-15-23)19(2)26-25(28)18-27(21-12-16-22(31-3)17-13-21)33(29,30)24-8-6-5-7-9-24/h5-17,19H,4,18H2,1-3H3,(H,26,28)/t19-/m1/s1. The molecule has 0 heterocycles. The second-order valence-electron chi connectivity index (χ2n) is 7.31. The molecule has 33 heavy (non-hydrogen) atoms. The number of nitrogens with one attached hydrogen (secondary N) is 1. The topological polar surface area (TPSA) is 84.9 Å². The summed E-state index contributed by atoms with van der Waals surface area (Å²) in [6, 6.07) is 21.7. The quantitative estimate of drug-likeness (QED) is 0.483. The molecule has 1 amide bonds. The van der Waals surface area contributed by atoms with Crippen LogP contribution in [0.5, 0.6) is 11.5 Å². The van der Waals surface area contributed by atoms with Crippen molar-refractivity contribution in [3.8, 4) is 11.5 Å². The number of rotatable bonds is 10. The zero-order chi connectivity index (χ0) is 23.8. The number of nitrogens with zero attached hydrogens (tertiary/aromatic N) is 1. The zero-order valence-electron chi connectivity index (χ0n) is 18.9. The minimum atomic E-state index is -3.97. The molecule has 174 valence electrons. The maximum atomic E-state index is 13.4. The Hall–Kier alpha value is -3.52. The van der Waals surface area contributed by atoms with Crippen LogP contribution in [0.15, 0.2) is 83.8 Å². The number of carbonyl (C=O) groups is 1. The number of anilines is 1. The number of sulfonamides is 1. The largest absolute Gasteiger partial charge is 0.497 e. The lowest BCUT2D eigenvalue weighted by molar-refractivity contribution is -0.120. The molecule has 0 saturated carbocycles. The van der Waals surface area contributed by atoms with Crippen molar-refractivity contribution in [2.75, 3.05) is 24.6 Å². The monoisotopic (exact) mass is 468 g/mol. The predicted molar refractivity (Wildman–Crippen MR) is 128 cm³/mol. The highest BCUT2D eigenvalue weighted by Crippen LogP contribution is 2.26. The fourth-order valence-corrected chi connectivity index (χ4v) is 4.75. The third kappa shape index (κ3) is 6.04. The van der Waals surface area contributed by atoms with Crippen molar-refractivity contribution in [2.45, 2.75) is 24.8 Å². The molecule has 0 radical (unpaired) electrons. The normalized spacial score (nSPS) is 12.0. The number of ether oxygens (including phenoxy) is 2. The Morgan fingerprint density at radius 1 is 0.939 bits per heavy atom. The first-order valence-electron chi connectivity index (χ1n) is 10.6. The van der Waals surface area contributed by atoms with E-state index in [4.69, 9.17) is 9.47 Å². The van der Waals surface area contributed by atoms with E-state index in [2.05, 4.69) is 5.32 Å². The summed E-state index contributed by atoms with van der Waals surface area (Å²) in [5.74, 6) is 0.913. The van der Waals surface area contributed by atoms with E-state index < -0.39 is 15.9 Å². The van der Waals surface area contributed by atoms with E-state index in [0.29, 0.717) is 18.0 Å². The highest BCUT2D eigenvalue weighted by Gasteiger charge is 2.27. The molecule has 0 aromatic heterocycles. The molecular weight excluding hydrogens is 440 g/mol. The van der Waals surface area contributed by atoms with Crippen LogP contribution in [-0.2, 0) is 14.8 Å². The number of amides is 1. The van der Waals surface area contributed by atoms with Crippen LogP contribution in [0, 0.1) is 0 Å². The fraction of sp³-hybridized carbons (Fsp3) is 0.240. The second kappa shape index (κ2) is 10.9. The number of carbonyl (C=O) groups excluding carboxylic acids is 1. The molecule has 3 aromatic rings. The molecule has 3 aromatic carbocycles. The van der Waals surface area contributed by atoms with Gasteiger partial charge in [0.15, 0.2) is 0 Å². The third-order valence-corrected chi connectivity index (χ3v) is 6.84. The summed E-state index contributed by atoms with van der Waals surface area (Å²) in [6.45, 7) is 3.96. The second-order valence-corrected chi connectivity index (χ2v) is 9.18. The van der Waals surface area contributed by atoms with Crippen LogP contribution in [0.4, 0.5) is 5.69 Å². The molecule has 7 nitrogen and oxygen atoms in total. The Labute approximate surface area is 195 Å². The van der Waals surface area contributed by atoms with E-state index in [0.717, 1.165) is 15.6 Å². The van der Waals surface area contributed by atoms with Crippen molar-refractivity contribution in [1.29, 1.82) is 0 Å². The van der Waals surface area contributed by atoms with E-state index in [9.17, 15) is 13.2 Å². The zero-order valence-corrected chi connectivity index (χ0v) is 19.7. The SMILES string of the molecule is CCOc1ccc([C@@H](C)NC(=O)CN(c2ccc(OC)cc2)S(=O)(=O)c2ccccc2)cc1. The summed E-state index contributed by atoms with van der Waals surface area (Å²) in [5.41, 5.74) is 1.25. The van der Waals surface area contributed by atoms with Gasteiger partial charge in [0, 0.05) is 0 Å². The van der Waals surface area contributed by atoms with Gasteiger partial charge in [0.2, 0.25) is 5.91 Å². The summed E-state index contributed by atoms with van der Waals surface area (Å²) < 4.78 is 38.5. The highest BCUT2D eigenvalue weighted by molar-refractivity contribution is 7.92. The Bertz CT molecular complexity index is 1150. The van der Waals surface area contributed by atoms with E-state index in [1.807, 2.05) is 38.1 Å². The number of hydrogen-bond acceptors (Lipinski definition) is 5. The molecule has 8 heteroatoms. The lowest BCUT2D eigenvalue weighted by Crippen LogP contribution is -2.41. The Balaban J connectivity index is 1.82. The Morgan fingerprint density at radius 3 is 2.12 bits per heavy atom. The molecule has 3 rings (SSSR count). The van der Waals surface area contributed by atoms with Gasteiger partial charge < -0.3 is 14.8 Å². The van der Waals surface area contributed by atoms with E-state index >= 15 is 0 Å². The number of benzene rings is 3. The molecule has 0 aliphatic carbocycles. The Morgan fingerprint density at radius 2 is 1.55 bits per heavy atom. The van der Waals surface area contributed by atoms with Crippen LogP contribution in [0.3, 0.4) is 0 Å². The fourth-order valence-electron chi connectivity index (χ4n) is 3.30. The predicted octanol–water partition coefficient (Wildman–Crippen LogP) is 4.17. The minimum Gasteiger partial charge on any atom is -0.497 e. The molecule has 1 N–H and O–H groups in total. The first-order valence-corrected chi connectivity index (χ1v) is 12.0. The van der Waals surface area contributed by atoms with Gasteiger partial charge in [-0.3, -0.25) is 9.10 Å². The molecule has 1 atom stereocenters. The average Bonchev–Trinajstić information content (AvgIpc) is 2.83. The summed E-state index contributed by atoms with van der Waals surface area (Å²) in [4.78, 5) is 13.0. The van der Waals surface area contributed by atoms with Gasteiger partial charge >= 0.3 is 0 Å². The minimum absolute atomic E-state index is 0.105. The number of hydrogen-bond donors (Lipinski definition) is 1. The van der Waals surface area contributed by atoms with Gasteiger partial charge in [-0.2, -0.15) is 0 Å². The molecule has 0 spiro atoms. The lowest BCUT2D eigenvalue weighted by atomic mass is 10.1. The van der Waals surface area contributed by atoms with Crippen LogP contribution >= 0.6 is 0 Å². The van der Waals surface area contributed by atoms with Crippen LogP contribution in [-0.4, -0.2) is 34.6 Å². The van der Waals surface area contributed by atoms with Crippen molar-refractivity contribution in [3.05, 3.63) is 84.4 Å². The molecule has 0 fully saturated rings. The van der Waals surface area contributed by atoms with Gasteiger partial charge in [-0.1, -0.05) is 30.3 Å². The molecule has 0 bridgehead atoms. The van der Waals surface area contributed by atoms with Gasteiger partial charge in [0.25, 0.3) is 10.0 Å². The summed E-state index contributed by atoms with van der Waals surface area (Å²) in [7, 11) is -2.43. The molecule has 0 unspecified atom stereocenters. The van der Waals surface area contributed by atoms with Gasteiger partial charge in [0.1, 0.15) is 18.0 Å². The van der Waals surface area contributed by atoms with Crippen LogP contribution in [0.2, 0.25) is 0 Å². The smallest absolute Gasteiger partial charge is 0.264 e. The number of methoxy groups -OCH3 is 1. The first kappa shape index (κ1) is 24.1. The van der Waals surface area contributed by atoms with Gasteiger partial charge in [0.05, 0.1) is 30.3 Å². The maximum Gasteiger partial charge on any atom is 0.264 e. The summed E-state index contributed by atoms with van der Waals surface area (Å²) >= 11 is 0. The van der Waals surface area contributed by atoms with Crippen LogP contribution in [0.25, 0.3) is 0 Å². The van der Waals surface area contributed by atoms with Gasteiger partial charge in [-0.15, -0.1) is 0 Å². The van der Waals surface area contributed by atoms with E-state index in [1.54, 1.807) is 42.5 Å². The van der Waals surface area contributed by atoms with Crippen molar-refractivity contribution in [2.24, 2.45) is 0 Å². The van der Waals surface area contributed by atoms with E-state index in [1.165, 1.54) is 19.2 Å². The van der Waals surface area contributed by atoms with Crippen molar-refractivity contribution in [1.82, 2.24) is 5.32 Å². The first-order chi connectivity index (χ1) is 15.8. The van der Waals surface area contributed by atoms with Gasteiger partial charge in [-0.25, -0.2) is 8.42 Å². The molecule has 0 aliphatic rings. The summed E-state index contributed by atoms with van der Waals surface area (Å²) in [6.07, 6.45) is 0. The maximum absolute atomic E-state index is 13.4. The van der Waals surface area contributed by atoms with Crippen LogP contribution < -0.4 is 19.1 Å². The van der Waals surface area contributed by atoms with Crippen LogP contribution in [0.1, 0.15) is 25.5 Å². The molecule has 0 aliphatic heterocycles. The Kier molecular flexibility index (Phi) is 7.95. The average molecular weight is 469 g/mol. The molecule has 0 saturated heterocycles. The van der Waals surface area contributed by atoms with Gasteiger partial charge in [-0.05, 0) is 67.9 Å². The molecular formula is C25H28N2O5S. The van der Waals surface area contributed by atoms with Crippen molar-refractivity contribution in [3.63, 3.8) is 0 Å². The highest BCUT2D eigenvalue weighted by atomic mass is 32.2. The third-order valence-electron chi connectivity index (χ3n) is 5.05. The lowest BCUT2D eigenvalue weighted by Gasteiger charge is -2.25. The summed E-state index contributed by atoms with van der Waals surface area (Å²) in [5, 5.41) is 2.88. The van der Waals surface area contributed by atoms with Crippen molar-refractivity contribution >= 4 is 21.6 Å². The van der Waals surface area contributed by atoms with E-state index in [-0.39, 0.29) is 17.5 Å². The van der Waals surface area contributed by atoms with Crippen molar-refractivity contribution < 1.29 is 22.7 Å².